The number of rotatable bonds is 3. The van der Waals surface area contributed by atoms with Gasteiger partial charge in [0, 0.05) is 26.1 Å². The third-order valence-electron chi connectivity index (χ3n) is 3.61. The molecule has 0 radical (unpaired) electrons. The van der Waals surface area contributed by atoms with Crippen LogP contribution in [0.1, 0.15) is 16.8 Å². The zero-order valence-electron chi connectivity index (χ0n) is 11.5. The third-order valence-corrected chi connectivity index (χ3v) is 4.18. The Labute approximate surface area is 127 Å². The lowest BCUT2D eigenvalue weighted by atomic mass is 10.0. The molecule has 2 aromatic rings. The van der Waals surface area contributed by atoms with Crippen LogP contribution in [0.25, 0.3) is 0 Å². The molecule has 0 fully saturated rings. The monoisotopic (exact) mass is 332 g/mol. The van der Waals surface area contributed by atoms with Gasteiger partial charge in [-0.15, -0.1) is 0 Å². The first-order valence-corrected chi connectivity index (χ1v) is 7.54. The molecule has 0 bridgehead atoms. The van der Waals surface area contributed by atoms with Crippen LogP contribution in [0.5, 0.6) is 5.88 Å². The highest BCUT2D eigenvalue weighted by atomic mass is 79.9. The molecule has 1 aromatic heterocycles. The molecule has 104 valence electrons. The Morgan fingerprint density at radius 2 is 2.10 bits per heavy atom. The van der Waals surface area contributed by atoms with E-state index in [1.807, 2.05) is 0 Å². The fraction of sp³-hybridized carbons (Fsp3) is 0.312. The minimum absolute atomic E-state index is 0.681. The van der Waals surface area contributed by atoms with Crippen LogP contribution >= 0.6 is 15.9 Å². The first-order chi connectivity index (χ1) is 9.76. The van der Waals surface area contributed by atoms with Crippen molar-refractivity contribution in [1.29, 1.82) is 0 Å². The number of ether oxygens (including phenoxy) is 1. The fourth-order valence-electron chi connectivity index (χ4n) is 2.60. The Kier molecular flexibility index (Phi) is 4.03. The number of hydrogen-bond donors (Lipinski definition) is 0. The summed E-state index contributed by atoms with van der Waals surface area (Å²) in [6.45, 7) is 2.98. The summed E-state index contributed by atoms with van der Waals surface area (Å²) in [6, 6.07) is 12.7. The van der Waals surface area contributed by atoms with Gasteiger partial charge in [-0.05, 0) is 33.1 Å². The Balaban J connectivity index is 1.77. The maximum Gasteiger partial charge on any atom is 0.227 e. The second-order valence-corrected chi connectivity index (χ2v) is 5.89. The van der Waals surface area contributed by atoms with E-state index >= 15 is 0 Å². The molecular weight excluding hydrogens is 316 g/mol. The van der Waals surface area contributed by atoms with Crippen LogP contribution in [0.15, 0.2) is 40.9 Å². The summed E-state index contributed by atoms with van der Waals surface area (Å²) >= 11 is 3.52. The standard InChI is InChI=1S/C16H17BrN2O/c1-20-16-14(17)9-13-11-19(8-7-15(13)18-16)10-12-5-3-2-4-6-12/h2-6,9H,7-8,10-11H2,1H3. The molecule has 4 heteroatoms. The quantitative estimate of drug-likeness (QED) is 0.861. The van der Waals surface area contributed by atoms with E-state index in [4.69, 9.17) is 4.74 Å². The van der Waals surface area contributed by atoms with Gasteiger partial charge in [-0.2, -0.15) is 0 Å². The third kappa shape index (κ3) is 2.86. The fourth-order valence-corrected chi connectivity index (χ4v) is 3.13. The van der Waals surface area contributed by atoms with Crippen molar-refractivity contribution in [1.82, 2.24) is 9.88 Å². The van der Waals surface area contributed by atoms with Crippen LogP contribution in [0.4, 0.5) is 0 Å². The first kappa shape index (κ1) is 13.6. The van der Waals surface area contributed by atoms with Crippen LogP contribution in [0, 0.1) is 0 Å². The molecule has 2 heterocycles. The molecule has 3 nitrogen and oxygen atoms in total. The van der Waals surface area contributed by atoms with Gasteiger partial charge in [0.1, 0.15) is 0 Å². The molecule has 0 saturated carbocycles. The SMILES string of the molecule is COc1nc2c(cc1Br)CN(Cc1ccccc1)CC2. The number of benzene rings is 1. The molecule has 1 aliphatic heterocycles. The zero-order valence-corrected chi connectivity index (χ0v) is 13.1. The van der Waals surface area contributed by atoms with E-state index < -0.39 is 0 Å². The van der Waals surface area contributed by atoms with Gasteiger partial charge in [-0.1, -0.05) is 30.3 Å². The molecule has 0 N–H and O–H groups in total. The highest BCUT2D eigenvalue weighted by molar-refractivity contribution is 9.10. The summed E-state index contributed by atoms with van der Waals surface area (Å²) < 4.78 is 6.19. The molecule has 0 saturated heterocycles. The molecule has 0 aliphatic carbocycles. The van der Waals surface area contributed by atoms with Gasteiger partial charge in [-0.3, -0.25) is 4.90 Å². The summed E-state index contributed by atoms with van der Waals surface area (Å²) in [5.41, 5.74) is 3.81. The predicted octanol–water partition coefficient (Wildman–Crippen LogP) is 3.41. The number of halogens is 1. The Morgan fingerprint density at radius 1 is 1.30 bits per heavy atom. The van der Waals surface area contributed by atoms with Crippen LogP contribution in [-0.4, -0.2) is 23.5 Å². The van der Waals surface area contributed by atoms with Crippen molar-refractivity contribution in [3.8, 4) is 5.88 Å². The van der Waals surface area contributed by atoms with Crippen molar-refractivity contribution in [2.75, 3.05) is 13.7 Å². The molecule has 3 rings (SSSR count). The topological polar surface area (TPSA) is 25.4 Å². The molecule has 20 heavy (non-hydrogen) atoms. The lowest BCUT2D eigenvalue weighted by molar-refractivity contribution is 0.242. The molecule has 1 aliphatic rings. The summed E-state index contributed by atoms with van der Waals surface area (Å²) in [5.74, 6) is 0.681. The number of hydrogen-bond acceptors (Lipinski definition) is 3. The number of fused-ring (bicyclic) bond motifs is 1. The number of aromatic nitrogens is 1. The molecule has 0 atom stereocenters. The van der Waals surface area contributed by atoms with Gasteiger partial charge >= 0.3 is 0 Å². The lowest BCUT2D eigenvalue weighted by Crippen LogP contribution is -2.30. The van der Waals surface area contributed by atoms with E-state index in [0.717, 1.165) is 36.2 Å². The van der Waals surface area contributed by atoms with Crippen molar-refractivity contribution in [2.24, 2.45) is 0 Å². The molecule has 1 aromatic carbocycles. The Hall–Kier alpha value is -1.39. The second-order valence-electron chi connectivity index (χ2n) is 5.03. The minimum Gasteiger partial charge on any atom is -0.480 e. The van der Waals surface area contributed by atoms with Crippen LogP contribution in [-0.2, 0) is 19.5 Å². The van der Waals surface area contributed by atoms with E-state index in [9.17, 15) is 0 Å². The summed E-state index contributed by atoms with van der Waals surface area (Å²) in [4.78, 5) is 7.03. The highest BCUT2D eigenvalue weighted by Gasteiger charge is 2.19. The van der Waals surface area contributed by atoms with Crippen LogP contribution < -0.4 is 4.74 Å². The number of methoxy groups -OCH3 is 1. The smallest absolute Gasteiger partial charge is 0.227 e. The van der Waals surface area contributed by atoms with E-state index in [2.05, 4.69) is 62.2 Å². The highest BCUT2D eigenvalue weighted by Crippen LogP contribution is 2.28. The van der Waals surface area contributed by atoms with Crippen molar-refractivity contribution in [3.63, 3.8) is 0 Å². The average molecular weight is 333 g/mol. The largest absolute Gasteiger partial charge is 0.480 e. The van der Waals surface area contributed by atoms with E-state index in [1.54, 1.807) is 7.11 Å². The second kappa shape index (κ2) is 5.94. The van der Waals surface area contributed by atoms with Gasteiger partial charge in [0.25, 0.3) is 0 Å². The van der Waals surface area contributed by atoms with Gasteiger partial charge in [-0.25, -0.2) is 4.98 Å². The van der Waals surface area contributed by atoms with E-state index in [1.165, 1.54) is 11.1 Å². The lowest BCUT2D eigenvalue weighted by Gasteiger charge is -2.28. The van der Waals surface area contributed by atoms with Crippen molar-refractivity contribution >= 4 is 15.9 Å². The van der Waals surface area contributed by atoms with Gasteiger partial charge in [0.05, 0.1) is 17.3 Å². The molecule has 0 amide bonds. The summed E-state index contributed by atoms with van der Waals surface area (Å²) in [7, 11) is 1.66. The van der Waals surface area contributed by atoms with E-state index in [-0.39, 0.29) is 0 Å². The van der Waals surface area contributed by atoms with Crippen molar-refractivity contribution in [3.05, 3.63) is 57.7 Å². The van der Waals surface area contributed by atoms with Crippen molar-refractivity contribution in [2.45, 2.75) is 19.5 Å². The zero-order chi connectivity index (χ0) is 13.9. The molecule has 0 spiro atoms. The molecular formula is C16H17BrN2O. The normalized spacial score (nSPS) is 14.9. The van der Waals surface area contributed by atoms with Gasteiger partial charge in [0.2, 0.25) is 5.88 Å². The van der Waals surface area contributed by atoms with Gasteiger partial charge in [0.15, 0.2) is 0 Å². The molecule has 0 unspecified atom stereocenters. The maximum atomic E-state index is 5.26. The Bertz CT molecular complexity index is 601. The maximum absolute atomic E-state index is 5.26. The minimum atomic E-state index is 0.681. The first-order valence-electron chi connectivity index (χ1n) is 6.75. The number of nitrogens with zero attached hydrogens (tertiary/aromatic N) is 2. The Morgan fingerprint density at radius 3 is 2.85 bits per heavy atom. The summed E-state index contributed by atoms with van der Waals surface area (Å²) in [5, 5.41) is 0. The number of pyridine rings is 1. The predicted molar refractivity (Wildman–Crippen MR) is 82.7 cm³/mol. The van der Waals surface area contributed by atoms with E-state index in [0.29, 0.717) is 5.88 Å². The van der Waals surface area contributed by atoms with Crippen LogP contribution in [0.3, 0.4) is 0 Å². The average Bonchev–Trinajstić information content (AvgIpc) is 2.47. The van der Waals surface area contributed by atoms with Crippen molar-refractivity contribution < 1.29 is 4.74 Å². The van der Waals surface area contributed by atoms with Gasteiger partial charge < -0.3 is 4.74 Å². The summed E-state index contributed by atoms with van der Waals surface area (Å²) in [6.07, 6.45) is 0.978. The van der Waals surface area contributed by atoms with Crippen LogP contribution in [0.2, 0.25) is 0 Å².